The molecule has 1 aromatic heterocycles. The molecule has 1 saturated heterocycles. The molecule has 3 heterocycles. The van der Waals surface area contributed by atoms with Gasteiger partial charge in [0.15, 0.2) is 6.35 Å². The maximum atomic E-state index is 13.7. The third kappa shape index (κ3) is 3.86. The van der Waals surface area contributed by atoms with E-state index in [0.717, 1.165) is 48.6 Å². The van der Waals surface area contributed by atoms with E-state index in [4.69, 9.17) is 0 Å². The summed E-state index contributed by atoms with van der Waals surface area (Å²) >= 11 is 0. The highest BCUT2D eigenvalue weighted by molar-refractivity contribution is 6.34. The number of benzene rings is 1. The van der Waals surface area contributed by atoms with Crippen molar-refractivity contribution in [1.29, 1.82) is 0 Å². The van der Waals surface area contributed by atoms with Crippen LogP contribution in [-0.4, -0.2) is 53.4 Å². The van der Waals surface area contributed by atoms with Gasteiger partial charge in [-0.3, -0.25) is 9.69 Å². The van der Waals surface area contributed by atoms with Gasteiger partial charge < -0.3 is 26.0 Å². The molecule has 1 amide bonds. The van der Waals surface area contributed by atoms with Crippen molar-refractivity contribution in [1.82, 2.24) is 15.2 Å². The van der Waals surface area contributed by atoms with Crippen molar-refractivity contribution >= 4 is 28.9 Å². The maximum absolute atomic E-state index is 13.7. The van der Waals surface area contributed by atoms with Crippen molar-refractivity contribution in [3.05, 3.63) is 46.5 Å². The third-order valence-electron chi connectivity index (χ3n) is 6.07. The molecule has 7 nitrogen and oxygen atoms in total. The lowest BCUT2D eigenvalue weighted by molar-refractivity contribution is -0.110. The van der Waals surface area contributed by atoms with Gasteiger partial charge in [-0.25, -0.2) is 4.39 Å². The first kappa shape index (κ1) is 20.6. The number of halogens is 1. The van der Waals surface area contributed by atoms with E-state index in [2.05, 4.69) is 20.9 Å². The lowest BCUT2D eigenvalue weighted by Gasteiger charge is -2.35. The molecule has 4 rings (SSSR count). The molecule has 0 radical (unpaired) electrons. The van der Waals surface area contributed by atoms with Crippen LogP contribution in [0.3, 0.4) is 0 Å². The molecule has 8 heteroatoms. The van der Waals surface area contributed by atoms with E-state index < -0.39 is 6.35 Å². The number of carbonyl (C=O) groups excluding carboxylic acids is 1. The summed E-state index contributed by atoms with van der Waals surface area (Å²) in [5, 5.41) is 20.0. The fraction of sp³-hybridized carbons (Fsp3) is 0.409. The smallest absolute Gasteiger partial charge is 0.256 e. The van der Waals surface area contributed by atoms with Crippen LogP contribution >= 0.6 is 0 Å². The minimum Gasteiger partial charge on any atom is -0.361 e. The van der Waals surface area contributed by atoms with Crippen LogP contribution in [-0.2, 0) is 4.79 Å². The number of carbonyl (C=O) groups is 1. The number of nitrogens with one attached hydrogen (secondary N) is 4. The van der Waals surface area contributed by atoms with Crippen LogP contribution < -0.4 is 16.0 Å². The van der Waals surface area contributed by atoms with Gasteiger partial charge in [0.1, 0.15) is 5.82 Å². The summed E-state index contributed by atoms with van der Waals surface area (Å²) in [7, 11) is 1.92. The second kappa shape index (κ2) is 8.22. The van der Waals surface area contributed by atoms with Gasteiger partial charge in [0.25, 0.3) is 5.91 Å². The van der Waals surface area contributed by atoms with Gasteiger partial charge in [-0.2, -0.15) is 0 Å². The first-order valence-electron chi connectivity index (χ1n) is 10.2. The zero-order valence-electron chi connectivity index (χ0n) is 17.5. The lowest BCUT2D eigenvalue weighted by Crippen LogP contribution is -2.48. The Morgan fingerprint density at radius 1 is 1.30 bits per heavy atom. The molecule has 2 aliphatic heterocycles. The number of H-pyrrole nitrogens is 1. The number of piperidine rings is 1. The van der Waals surface area contributed by atoms with E-state index in [-0.39, 0.29) is 11.7 Å². The number of anilines is 2. The number of fused-ring (bicyclic) bond motifs is 1. The van der Waals surface area contributed by atoms with Crippen LogP contribution in [0.25, 0.3) is 11.6 Å². The Balaban J connectivity index is 1.58. The Labute approximate surface area is 175 Å². The fourth-order valence-electron chi connectivity index (χ4n) is 4.23. The average molecular weight is 413 g/mol. The molecular formula is C22H28FN5O2. The predicted molar refractivity (Wildman–Crippen MR) is 116 cm³/mol. The van der Waals surface area contributed by atoms with E-state index in [9.17, 15) is 14.3 Å². The van der Waals surface area contributed by atoms with E-state index >= 15 is 0 Å². The van der Waals surface area contributed by atoms with Gasteiger partial charge in [-0.1, -0.05) is 0 Å². The highest BCUT2D eigenvalue weighted by Crippen LogP contribution is 2.35. The molecule has 1 aromatic carbocycles. The van der Waals surface area contributed by atoms with Gasteiger partial charge in [-0.05, 0) is 76.7 Å². The topological polar surface area (TPSA) is 92.4 Å². The SMILES string of the molecule is Cc1[nH]c(/C=C2\C(=O)Nc3ccc(F)cc32)c(C)c1NC(O)N(C)C1CCNCC1. The Morgan fingerprint density at radius 3 is 2.77 bits per heavy atom. The number of aliphatic hydroxyl groups is 1. The first-order valence-corrected chi connectivity index (χ1v) is 10.2. The second-order valence-corrected chi connectivity index (χ2v) is 8.03. The van der Waals surface area contributed by atoms with Crippen LogP contribution in [0.15, 0.2) is 18.2 Å². The van der Waals surface area contributed by atoms with Gasteiger partial charge in [0.05, 0.1) is 11.3 Å². The highest BCUT2D eigenvalue weighted by atomic mass is 19.1. The van der Waals surface area contributed by atoms with Crippen LogP contribution in [0.5, 0.6) is 0 Å². The molecule has 2 aromatic rings. The normalized spacial score (nSPS) is 19.3. The second-order valence-electron chi connectivity index (χ2n) is 8.03. The molecular weight excluding hydrogens is 385 g/mol. The molecule has 0 saturated carbocycles. The highest BCUT2D eigenvalue weighted by Gasteiger charge is 2.27. The number of hydrogen-bond donors (Lipinski definition) is 5. The average Bonchev–Trinajstić information content (AvgIpc) is 3.18. The van der Waals surface area contributed by atoms with Crippen LogP contribution in [0.2, 0.25) is 0 Å². The Bertz CT molecular complexity index is 994. The molecule has 2 aliphatic rings. The van der Waals surface area contributed by atoms with Crippen LogP contribution in [0.1, 0.15) is 35.4 Å². The van der Waals surface area contributed by atoms with E-state index in [1.54, 1.807) is 12.1 Å². The Morgan fingerprint density at radius 2 is 2.03 bits per heavy atom. The molecule has 30 heavy (non-hydrogen) atoms. The molecule has 0 aliphatic carbocycles. The van der Waals surface area contributed by atoms with Gasteiger partial charge >= 0.3 is 0 Å². The van der Waals surface area contributed by atoms with E-state index in [0.29, 0.717) is 22.9 Å². The van der Waals surface area contributed by atoms with E-state index in [1.807, 2.05) is 25.8 Å². The summed E-state index contributed by atoms with van der Waals surface area (Å²) in [6, 6.07) is 4.56. The number of aliphatic hydroxyl groups excluding tert-OH is 1. The van der Waals surface area contributed by atoms with Gasteiger partial charge in [-0.15, -0.1) is 0 Å². The Hall–Kier alpha value is -2.68. The fourth-order valence-corrected chi connectivity index (χ4v) is 4.23. The monoisotopic (exact) mass is 413 g/mol. The van der Waals surface area contributed by atoms with Crippen LogP contribution in [0, 0.1) is 19.7 Å². The standard InChI is InChI=1S/C22H28FN5O2/c1-12-19(11-17-16-10-14(23)4-5-18(16)26-21(17)29)25-13(2)20(12)27-22(30)28(3)15-6-8-24-9-7-15/h4-5,10-11,15,22,24-25,27,30H,6-9H2,1-3H3,(H,26,29)/b17-11-. The number of rotatable bonds is 5. The molecule has 5 N–H and O–H groups in total. The quantitative estimate of drug-likeness (QED) is 0.384. The summed E-state index contributed by atoms with van der Waals surface area (Å²) in [5.41, 5.74) is 4.85. The minimum atomic E-state index is -0.827. The number of amides is 1. The van der Waals surface area contributed by atoms with Crippen molar-refractivity contribution in [2.75, 3.05) is 30.8 Å². The van der Waals surface area contributed by atoms with Crippen molar-refractivity contribution in [2.24, 2.45) is 0 Å². The molecule has 1 atom stereocenters. The van der Waals surface area contributed by atoms with Crippen molar-refractivity contribution in [3.63, 3.8) is 0 Å². The molecule has 1 unspecified atom stereocenters. The lowest BCUT2D eigenvalue weighted by atomic mass is 10.0. The summed E-state index contributed by atoms with van der Waals surface area (Å²) in [4.78, 5) is 17.6. The van der Waals surface area contributed by atoms with Crippen molar-refractivity contribution in [2.45, 2.75) is 39.1 Å². The minimum absolute atomic E-state index is 0.262. The number of hydrogen-bond acceptors (Lipinski definition) is 5. The zero-order chi connectivity index (χ0) is 21.4. The van der Waals surface area contributed by atoms with E-state index in [1.165, 1.54) is 12.1 Å². The summed E-state index contributed by atoms with van der Waals surface area (Å²) in [5.74, 6) is -0.649. The summed E-state index contributed by atoms with van der Waals surface area (Å²) in [6.45, 7) is 5.74. The number of nitrogens with zero attached hydrogens (tertiary/aromatic N) is 1. The predicted octanol–water partition coefficient (Wildman–Crippen LogP) is 2.63. The molecule has 1 fully saturated rings. The molecule has 160 valence electrons. The van der Waals surface area contributed by atoms with Crippen molar-refractivity contribution < 1.29 is 14.3 Å². The summed E-state index contributed by atoms with van der Waals surface area (Å²) < 4.78 is 13.7. The number of aromatic nitrogens is 1. The van der Waals surface area contributed by atoms with Gasteiger partial charge in [0.2, 0.25) is 0 Å². The Kier molecular flexibility index (Phi) is 5.64. The maximum Gasteiger partial charge on any atom is 0.256 e. The number of aryl methyl sites for hydroxylation is 1. The molecule has 0 spiro atoms. The third-order valence-corrected chi connectivity index (χ3v) is 6.07. The molecule has 0 bridgehead atoms. The zero-order valence-corrected chi connectivity index (χ0v) is 17.5. The first-order chi connectivity index (χ1) is 14.3. The van der Waals surface area contributed by atoms with Crippen LogP contribution in [0.4, 0.5) is 15.8 Å². The number of aromatic amines is 1. The van der Waals surface area contributed by atoms with Gasteiger partial charge in [0, 0.05) is 28.7 Å². The van der Waals surface area contributed by atoms with Crippen molar-refractivity contribution in [3.8, 4) is 0 Å². The largest absolute Gasteiger partial charge is 0.361 e. The summed E-state index contributed by atoms with van der Waals surface area (Å²) in [6.07, 6.45) is 2.88.